The second-order valence-corrected chi connectivity index (χ2v) is 4.41. The van der Waals surface area contributed by atoms with Crippen LogP contribution in [0.15, 0.2) is 6.20 Å². The Labute approximate surface area is 95.5 Å². The molecule has 0 atom stereocenters. The molecule has 2 N–H and O–H groups in total. The van der Waals surface area contributed by atoms with Crippen LogP contribution in [0.4, 0.5) is 0 Å². The summed E-state index contributed by atoms with van der Waals surface area (Å²) in [7, 11) is 0. The Balaban J connectivity index is 2.85. The van der Waals surface area contributed by atoms with Crippen LogP contribution in [0.25, 0.3) is 11.0 Å². The lowest BCUT2D eigenvalue weighted by atomic mass is 10.2. The van der Waals surface area contributed by atoms with E-state index in [0.29, 0.717) is 12.6 Å². The number of fused-ring (bicyclic) bond motifs is 1. The number of aromatic nitrogens is 3. The van der Waals surface area contributed by atoms with E-state index >= 15 is 0 Å². The fraction of sp³-hybridized carbons (Fsp3) is 0.500. The van der Waals surface area contributed by atoms with Crippen LogP contribution in [0.1, 0.15) is 37.0 Å². The minimum Gasteiger partial charge on any atom is -0.330 e. The summed E-state index contributed by atoms with van der Waals surface area (Å²) in [5, 5.41) is 1.11. The maximum atomic E-state index is 5.77. The maximum absolute atomic E-state index is 5.77. The van der Waals surface area contributed by atoms with Gasteiger partial charge in [-0.3, -0.25) is 0 Å². The van der Waals surface area contributed by atoms with Gasteiger partial charge in [0.25, 0.3) is 0 Å². The van der Waals surface area contributed by atoms with E-state index in [1.165, 1.54) is 0 Å². The SMILES string of the molecule is Cc1nc(C)c2c(CN)cn(C(C)C)c2n1. The first-order chi connectivity index (χ1) is 7.54. The monoisotopic (exact) mass is 218 g/mol. The smallest absolute Gasteiger partial charge is 0.144 e. The molecule has 0 amide bonds. The molecule has 0 aliphatic rings. The third-order valence-corrected chi connectivity index (χ3v) is 2.82. The van der Waals surface area contributed by atoms with Gasteiger partial charge in [0.15, 0.2) is 0 Å². The summed E-state index contributed by atoms with van der Waals surface area (Å²) in [6.07, 6.45) is 2.09. The molecule has 2 aromatic rings. The molecule has 2 rings (SSSR count). The summed E-state index contributed by atoms with van der Waals surface area (Å²) in [6.45, 7) is 8.76. The summed E-state index contributed by atoms with van der Waals surface area (Å²) >= 11 is 0. The molecule has 0 fully saturated rings. The third-order valence-electron chi connectivity index (χ3n) is 2.82. The van der Waals surface area contributed by atoms with Gasteiger partial charge in [-0.05, 0) is 33.3 Å². The Morgan fingerprint density at radius 1 is 1.31 bits per heavy atom. The Morgan fingerprint density at radius 2 is 2.00 bits per heavy atom. The third kappa shape index (κ3) is 1.59. The van der Waals surface area contributed by atoms with Crippen molar-refractivity contribution in [2.75, 3.05) is 0 Å². The van der Waals surface area contributed by atoms with Crippen molar-refractivity contribution in [2.45, 2.75) is 40.3 Å². The van der Waals surface area contributed by atoms with Crippen LogP contribution in [0, 0.1) is 13.8 Å². The first kappa shape index (κ1) is 11.1. The number of nitrogens with zero attached hydrogens (tertiary/aromatic N) is 3. The van der Waals surface area contributed by atoms with Crippen molar-refractivity contribution < 1.29 is 0 Å². The first-order valence-electron chi connectivity index (χ1n) is 5.59. The van der Waals surface area contributed by atoms with Crippen molar-refractivity contribution >= 4 is 11.0 Å². The largest absolute Gasteiger partial charge is 0.330 e. The fourth-order valence-corrected chi connectivity index (χ4v) is 2.10. The number of hydrogen-bond acceptors (Lipinski definition) is 3. The van der Waals surface area contributed by atoms with Gasteiger partial charge in [0, 0.05) is 24.2 Å². The van der Waals surface area contributed by atoms with Crippen LogP contribution >= 0.6 is 0 Å². The zero-order valence-electron chi connectivity index (χ0n) is 10.3. The molecule has 2 heterocycles. The maximum Gasteiger partial charge on any atom is 0.144 e. The number of nitrogens with two attached hydrogens (primary N) is 1. The molecular weight excluding hydrogens is 200 g/mol. The van der Waals surface area contributed by atoms with Crippen LogP contribution in [0.5, 0.6) is 0 Å². The Morgan fingerprint density at radius 3 is 2.56 bits per heavy atom. The van der Waals surface area contributed by atoms with Gasteiger partial charge in [-0.2, -0.15) is 0 Å². The van der Waals surface area contributed by atoms with E-state index in [4.69, 9.17) is 5.73 Å². The predicted molar refractivity (Wildman–Crippen MR) is 65.3 cm³/mol. The molecule has 0 unspecified atom stereocenters. The molecule has 0 aliphatic heterocycles. The van der Waals surface area contributed by atoms with Gasteiger partial charge in [0.2, 0.25) is 0 Å². The molecule has 0 aromatic carbocycles. The molecule has 86 valence electrons. The van der Waals surface area contributed by atoms with Crippen LogP contribution in [0.3, 0.4) is 0 Å². The van der Waals surface area contributed by atoms with Crippen LogP contribution < -0.4 is 5.73 Å². The minimum absolute atomic E-state index is 0.386. The Bertz CT molecular complexity index is 525. The highest BCUT2D eigenvalue weighted by Gasteiger charge is 2.14. The van der Waals surface area contributed by atoms with Crippen molar-refractivity contribution in [1.29, 1.82) is 0 Å². The topological polar surface area (TPSA) is 56.7 Å². The van der Waals surface area contributed by atoms with Crippen LogP contribution in [-0.2, 0) is 6.54 Å². The lowest BCUT2D eigenvalue weighted by molar-refractivity contribution is 0.615. The Hall–Kier alpha value is -1.42. The highest BCUT2D eigenvalue weighted by atomic mass is 15.1. The van der Waals surface area contributed by atoms with E-state index in [2.05, 4.69) is 34.6 Å². The second-order valence-electron chi connectivity index (χ2n) is 4.41. The zero-order chi connectivity index (χ0) is 11.9. The standard InChI is InChI=1S/C12H18N4/c1-7(2)16-6-10(5-13)11-8(3)14-9(4)15-12(11)16/h6-7H,5,13H2,1-4H3. The van der Waals surface area contributed by atoms with Crippen molar-refractivity contribution in [3.05, 3.63) is 23.3 Å². The van der Waals surface area contributed by atoms with E-state index in [0.717, 1.165) is 28.1 Å². The lowest BCUT2D eigenvalue weighted by Crippen LogP contribution is -2.01. The lowest BCUT2D eigenvalue weighted by Gasteiger charge is -2.08. The molecule has 4 heteroatoms. The quantitative estimate of drug-likeness (QED) is 0.839. The Kier molecular flexibility index (Phi) is 2.68. The molecule has 0 saturated heterocycles. The number of aryl methyl sites for hydroxylation is 2. The van der Waals surface area contributed by atoms with Gasteiger partial charge in [-0.25, -0.2) is 9.97 Å². The molecule has 4 nitrogen and oxygen atoms in total. The summed E-state index contributed by atoms with van der Waals surface area (Å²) in [4.78, 5) is 8.93. The van der Waals surface area contributed by atoms with Crippen LogP contribution in [-0.4, -0.2) is 14.5 Å². The molecule has 0 spiro atoms. The van der Waals surface area contributed by atoms with E-state index in [1.54, 1.807) is 0 Å². The molecule has 16 heavy (non-hydrogen) atoms. The molecular formula is C12H18N4. The molecule has 0 radical (unpaired) electrons. The minimum atomic E-state index is 0.386. The van der Waals surface area contributed by atoms with Crippen molar-refractivity contribution in [3.63, 3.8) is 0 Å². The normalized spacial score (nSPS) is 11.6. The van der Waals surface area contributed by atoms with Crippen LogP contribution in [0.2, 0.25) is 0 Å². The fourth-order valence-electron chi connectivity index (χ4n) is 2.10. The average molecular weight is 218 g/mol. The van der Waals surface area contributed by atoms with Gasteiger partial charge < -0.3 is 10.3 Å². The zero-order valence-corrected chi connectivity index (χ0v) is 10.3. The highest BCUT2D eigenvalue weighted by molar-refractivity contribution is 5.83. The van der Waals surface area contributed by atoms with Gasteiger partial charge in [0.1, 0.15) is 11.5 Å². The summed E-state index contributed by atoms with van der Waals surface area (Å²) in [5.74, 6) is 0.813. The van der Waals surface area contributed by atoms with Gasteiger partial charge >= 0.3 is 0 Å². The molecule has 0 aliphatic carbocycles. The van der Waals surface area contributed by atoms with Crippen molar-refractivity contribution in [3.8, 4) is 0 Å². The van der Waals surface area contributed by atoms with E-state index in [9.17, 15) is 0 Å². The van der Waals surface area contributed by atoms with Gasteiger partial charge in [-0.1, -0.05) is 0 Å². The van der Waals surface area contributed by atoms with Gasteiger partial charge in [0.05, 0.1) is 5.69 Å². The van der Waals surface area contributed by atoms with E-state index < -0.39 is 0 Å². The summed E-state index contributed by atoms with van der Waals surface area (Å²) in [5.41, 5.74) is 8.91. The van der Waals surface area contributed by atoms with E-state index in [1.807, 2.05) is 13.8 Å². The predicted octanol–water partition coefficient (Wildman–Crippen LogP) is 2.09. The van der Waals surface area contributed by atoms with Crippen molar-refractivity contribution in [1.82, 2.24) is 14.5 Å². The number of hydrogen-bond donors (Lipinski definition) is 1. The molecule has 0 bridgehead atoms. The van der Waals surface area contributed by atoms with E-state index in [-0.39, 0.29) is 0 Å². The van der Waals surface area contributed by atoms with Gasteiger partial charge in [-0.15, -0.1) is 0 Å². The average Bonchev–Trinajstić information content (AvgIpc) is 2.56. The summed E-state index contributed by atoms with van der Waals surface area (Å²) in [6, 6.07) is 0.386. The highest BCUT2D eigenvalue weighted by Crippen LogP contribution is 2.25. The number of rotatable bonds is 2. The van der Waals surface area contributed by atoms with Crippen molar-refractivity contribution in [2.24, 2.45) is 5.73 Å². The first-order valence-corrected chi connectivity index (χ1v) is 5.59. The molecule has 2 aromatic heterocycles. The summed E-state index contributed by atoms with van der Waals surface area (Å²) < 4.78 is 2.17. The second kappa shape index (κ2) is 3.87. The molecule has 0 saturated carbocycles.